The molecular weight excluding hydrogens is 352 g/mol. The number of benzene rings is 2. The van der Waals surface area contributed by atoms with Crippen molar-refractivity contribution < 1.29 is 14.2 Å². The summed E-state index contributed by atoms with van der Waals surface area (Å²) in [4.78, 5) is 6.53. The van der Waals surface area contributed by atoms with Crippen LogP contribution in [-0.4, -0.2) is 35.0 Å². The van der Waals surface area contributed by atoms with Crippen LogP contribution in [-0.2, 0) is 0 Å². The fourth-order valence-electron chi connectivity index (χ4n) is 3.03. The Labute approximate surface area is 153 Å². The van der Waals surface area contributed by atoms with Gasteiger partial charge in [-0.05, 0) is 24.5 Å². The molecule has 0 bridgehead atoms. The summed E-state index contributed by atoms with van der Waals surface area (Å²) in [6.07, 6.45) is 1.91. The van der Waals surface area contributed by atoms with Crippen LogP contribution in [0.15, 0.2) is 47.6 Å². The Hall–Kier alpha value is -3.00. The van der Waals surface area contributed by atoms with E-state index < -0.39 is 0 Å². The van der Waals surface area contributed by atoms with E-state index in [2.05, 4.69) is 20.1 Å². The molecule has 0 fully saturated rings. The summed E-state index contributed by atoms with van der Waals surface area (Å²) >= 11 is 1.43. The van der Waals surface area contributed by atoms with E-state index in [1.165, 1.54) is 11.8 Å². The van der Waals surface area contributed by atoms with Gasteiger partial charge in [0.15, 0.2) is 23.9 Å². The average molecular weight is 366 g/mol. The zero-order valence-corrected chi connectivity index (χ0v) is 14.7. The zero-order valence-electron chi connectivity index (χ0n) is 13.9. The summed E-state index contributed by atoms with van der Waals surface area (Å²) in [5.41, 5.74) is 3.47. The van der Waals surface area contributed by atoms with Crippen LogP contribution in [0, 0.1) is 0 Å². The van der Waals surface area contributed by atoms with Gasteiger partial charge in [-0.1, -0.05) is 30.0 Å². The molecule has 0 N–H and O–H groups in total. The molecule has 0 saturated carbocycles. The highest BCUT2D eigenvalue weighted by Gasteiger charge is 2.26. The standard InChI is InChI=1S/C18H14N4O3S/c1-26-18-19-17-16(20-21-18)12-4-2-3-5-13(12)22(9-23-17)11-6-7-14-15(8-11)25-10-24-14/h2-8H,9-10H2,1H3. The van der Waals surface area contributed by atoms with E-state index in [0.717, 1.165) is 28.4 Å². The number of rotatable bonds is 2. The van der Waals surface area contributed by atoms with Crippen LogP contribution >= 0.6 is 11.8 Å². The lowest BCUT2D eigenvalue weighted by Gasteiger charge is -2.24. The maximum atomic E-state index is 5.99. The number of nitrogens with zero attached hydrogens (tertiary/aromatic N) is 4. The van der Waals surface area contributed by atoms with Crippen LogP contribution in [0.5, 0.6) is 17.4 Å². The van der Waals surface area contributed by atoms with E-state index in [9.17, 15) is 0 Å². The second-order valence-corrected chi connectivity index (χ2v) is 6.48. The highest BCUT2D eigenvalue weighted by atomic mass is 32.2. The van der Waals surface area contributed by atoms with Crippen molar-refractivity contribution in [1.82, 2.24) is 15.2 Å². The lowest BCUT2D eigenvalue weighted by atomic mass is 10.1. The molecule has 3 aromatic rings. The number of fused-ring (bicyclic) bond motifs is 4. The summed E-state index contributed by atoms with van der Waals surface area (Å²) in [7, 11) is 0. The number of ether oxygens (including phenoxy) is 3. The lowest BCUT2D eigenvalue weighted by Crippen LogP contribution is -2.22. The Balaban J connectivity index is 1.64. The van der Waals surface area contributed by atoms with Gasteiger partial charge in [0.1, 0.15) is 0 Å². The summed E-state index contributed by atoms with van der Waals surface area (Å²) in [6.45, 7) is 0.546. The van der Waals surface area contributed by atoms with Crippen molar-refractivity contribution >= 4 is 23.1 Å². The average Bonchev–Trinajstić information content (AvgIpc) is 3.10. The normalized spacial score (nSPS) is 14.3. The van der Waals surface area contributed by atoms with Gasteiger partial charge in [-0.3, -0.25) is 0 Å². The molecule has 0 atom stereocenters. The number of hydrogen-bond donors (Lipinski definition) is 0. The van der Waals surface area contributed by atoms with Gasteiger partial charge in [0.25, 0.3) is 0 Å². The molecular formula is C18H14N4O3S. The first-order chi connectivity index (χ1) is 12.8. The molecule has 0 aliphatic carbocycles. The van der Waals surface area contributed by atoms with Gasteiger partial charge in [-0.15, -0.1) is 10.2 Å². The summed E-state index contributed by atoms with van der Waals surface area (Å²) < 4.78 is 16.9. The van der Waals surface area contributed by atoms with Crippen molar-refractivity contribution in [1.29, 1.82) is 0 Å². The molecule has 2 aliphatic rings. The number of anilines is 2. The third-order valence-electron chi connectivity index (χ3n) is 4.27. The van der Waals surface area contributed by atoms with Crippen LogP contribution in [0.1, 0.15) is 0 Å². The largest absolute Gasteiger partial charge is 0.454 e. The molecule has 0 unspecified atom stereocenters. The number of hydrogen-bond acceptors (Lipinski definition) is 8. The number of thioether (sulfide) groups is 1. The smallest absolute Gasteiger partial charge is 0.246 e. The Kier molecular flexibility index (Phi) is 3.56. The number of para-hydroxylation sites is 1. The van der Waals surface area contributed by atoms with Crippen LogP contribution < -0.4 is 19.1 Å². The molecule has 1 aromatic heterocycles. The van der Waals surface area contributed by atoms with Crippen LogP contribution in [0.3, 0.4) is 0 Å². The van der Waals surface area contributed by atoms with E-state index >= 15 is 0 Å². The van der Waals surface area contributed by atoms with Crippen molar-refractivity contribution in [3.8, 4) is 28.6 Å². The van der Waals surface area contributed by atoms with Crippen LogP contribution in [0.25, 0.3) is 11.3 Å². The minimum atomic E-state index is 0.244. The number of aromatic nitrogens is 3. The summed E-state index contributed by atoms with van der Waals surface area (Å²) in [5.74, 6) is 1.96. The maximum absolute atomic E-state index is 5.99. The SMILES string of the molecule is CSc1nnc2c(n1)OCN(c1ccc3c(c1)OCO3)c1ccccc1-2. The molecule has 2 aliphatic heterocycles. The van der Waals surface area contributed by atoms with Gasteiger partial charge in [0, 0.05) is 17.3 Å². The van der Waals surface area contributed by atoms with E-state index in [0.29, 0.717) is 23.5 Å². The van der Waals surface area contributed by atoms with Crippen molar-refractivity contribution in [3.05, 3.63) is 42.5 Å². The molecule has 2 aromatic carbocycles. The van der Waals surface area contributed by atoms with Crippen molar-refractivity contribution in [2.75, 3.05) is 24.7 Å². The summed E-state index contributed by atoms with van der Waals surface area (Å²) in [5, 5.41) is 9.09. The maximum Gasteiger partial charge on any atom is 0.246 e. The highest BCUT2D eigenvalue weighted by Crippen LogP contribution is 2.43. The Morgan fingerprint density at radius 2 is 1.88 bits per heavy atom. The monoisotopic (exact) mass is 366 g/mol. The molecule has 3 heterocycles. The van der Waals surface area contributed by atoms with Gasteiger partial charge < -0.3 is 19.1 Å². The van der Waals surface area contributed by atoms with Crippen molar-refractivity contribution in [2.45, 2.75) is 5.16 Å². The minimum absolute atomic E-state index is 0.244. The Morgan fingerprint density at radius 1 is 1.00 bits per heavy atom. The van der Waals surface area contributed by atoms with Gasteiger partial charge in [0.2, 0.25) is 17.8 Å². The van der Waals surface area contributed by atoms with Crippen LogP contribution in [0.2, 0.25) is 0 Å². The molecule has 0 spiro atoms. The third-order valence-corrected chi connectivity index (χ3v) is 4.80. The molecule has 5 rings (SSSR count). The fourth-order valence-corrected chi connectivity index (χ4v) is 3.32. The second kappa shape index (κ2) is 6.06. The first-order valence-electron chi connectivity index (χ1n) is 8.01. The fraction of sp³-hybridized carbons (Fsp3) is 0.167. The molecule has 7 nitrogen and oxygen atoms in total. The van der Waals surface area contributed by atoms with E-state index in [1.807, 2.05) is 48.7 Å². The predicted molar refractivity (Wildman–Crippen MR) is 97.2 cm³/mol. The molecule has 130 valence electrons. The van der Waals surface area contributed by atoms with Gasteiger partial charge in [0.05, 0.1) is 5.69 Å². The van der Waals surface area contributed by atoms with Gasteiger partial charge >= 0.3 is 0 Å². The third kappa shape index (κ3) is 2.41. The predicted octanol–water partition coefficient (Wildman–Crippen LogP) is 3.48. The summed E-state index contributed by atoms with van der Waals surface area (Å²) in [6, 6.07) is 13.8. The first kappa shape index (κ1) is 15.3. The molecule has 0 radical (unpaired) electrons. The highest BCUT2D eigenvalue weighted by molar-refractivity contribution is 7.98. The van der Waals surface area contributed by atoms with Crippen LogP contribution in [0.4, 0.5) is 11.4 Å². The Morgan fingerprint density at radius 3 is 2.81 bits per heavy atom. The minimum Gasteiger partial charge on any atom is -0.454 e. The zero-order chi connectivity index (χ0) is 17.5. The van der Waals surface area contributed by atoms with E-state index in [4.69, 9.17) is 14.2 Å². The van der Waals surface area contributed by atoms with E-state index in [1.54, 1.807) is 0 Å². The molecule has 8 heteroatoms. The first-order valence-corrected chi connectivity index (χ1v) is 9.24. The van der Waals surface area contributed by atoms with Crippen molar-refractivity contribution in [2.24, 2.45) is 0 Å². The Bertz CT molecular complexity index is 998. The molecule has 0 amide bonds. The quantitative estimate of drug-likeness (QED) is 0.639. The lowest BCUT2D eigenvalue weighted by molar-refractivity contribution is 0.174. The second-order valence-electron chi connectivity index (χ2n) is 5.71. The van der Waals surface area contributed by atoms with Crippen molar-refractivity contribution in [3.63, 3.8) is 0 Å². The van der Waals surface area contributed by atoms with E-state index in [-0.39, 0.29) is 6.79 Å². The van der Waals surface area contributed by atoms with Gasteiger partial charge in [-0.25, -0.2) is 0 Å². The molecule has 0 saturated heterocycles. The topological polar surface area (TPSA) is 69.6 Å². The van der Waals surface area contributed by atoms with Gasteiger partial charge in [-0.2, -0.15) is 4.98 Å². The molecule has 26 heavy (non-hydrogen) atoms.